The highest BCUT2D eigenvalue weighted by Gasteiger charge is 2.30. The highest BCUT2D eigenvalue weighted by atomic mass is 16.2. The Hall–Kier alpha value is -5.17. The standard InChI is InChI=1S/C30H30N8O2/c31-16-22-6-15-28(33-18-22)36-24-7-9-26(10-8-24)38(30(40)34-17-21-4-2-1-3-5-21)27-13-11-25(12-14-27)37-20-23(19-35-37)29(32)39/h1-6,11-15,18-20,24,26H,7-10,17H2,(H2,32,39)(H,33,36)(H,34,40)/t24-,26-. The molecule has 5 rings (SSSR count). The van der Waals surface area contributed by atoms with Crippen LogP contribution in [-0.4, -0.2) is 38.8 Å². The van der Waals surface area contributed by atoms with E-state index in [9.17, 15) is 9.59 Å². The maximum atomic E-state index is 13.6. The first-order chi connectivity index (χ1) is 19.5. The zero-order chi connectivity index (χ0) is 27.9. The van der Waals surface area contributed by atoms with E-state index in [0.29, 0.717) is 17.7 Å². The summed E-state index contributed by atoms with van der Waals surface area (Å²) in [5.74, 6) is 0.206. The number of hydrogen-bond donors (Lipinski definition) is 3. The molecule has 1 fully saturated rings. The summed E-state index contributed by atoms with van der Waals surface area (Å²) in [5.41, 5.74) is 8.77. The average Bonchev–Trinajstić information content (AvgIpc) is 3.49. The minimum absolute atomic E-state index is 0.0137. The number of nitrogens with two attached hydrogens (primary N) is 1. The lowest BCUT2D eigenvalue weighted by Crippen LogP contribution is -2.48. The zero-order valence-corrected chi connectivity index (χ0v) is 21.9. The molecule has 10 heteroatoms. The van der Waals surface area contributed by atoms with Crippen LogP contribution in [0.25, 0.3) is 5.69 Å². The van der Waals surface area contributed by atoms with E-state index in [1.807, 2.05) is 65.6 Å². The Morgan fingerprint density at radius 1 is 1.00 bits per heavy atom. The Balaban J connectivity index is 1.30. The van der Waals surface area contributed by atoms with Crippen LogP contribution in [0.5, 0.6) is 0 Å². The SMILES string of the molecule is N#Cc1ccc(N[C@H]2CC[C@H](N(C(=O)NCc3ccccc3)c3ccc(-n4cc(C(N)=O)cn4)cc3)CC2)nc1. The molecule has 2 aromatic carbocycles. The fraction of sp³-hybridized carbons (Fsp3) is 0.233. The predicted molar refractivity (Wildman–Crippen MR) is 152 cm³/mol. The number of rotatable bonds is 8. The van der Waals surface area contributed by atoms with E-state index in [4.69, 9.17) is 11.0 Å². The third-order valence-electron chi connectivity index (χ3n) is 7.07. The molecule has 1 aliphatic rings. The molecule has 1 aliphatic carbocycles. The number of hydrogen-bond acceptors (Lipinski definition) is 6. The lowest BCUT2D eigenvalue weighted by Gasteiger charge is -2.37. The van der Waals surface area contributed by atoms with Crippen molar-refractivity contribution in [2.45, 2.75) is 44.3 Å². The van der Waals surface area contributed by atoms with Crippen LogP contribution in [0.15, 0.2) is 85.3 Å². The first-order valence-corrected chi connectivity index (χ1v) is 13.2. The van der Waals surface area contributed by atoms with E-state index in [1.54, 1.807) is 23.1 Å². The molecule has 202 valence electrons. The van der Waals surface area contributed by atoms with Crippen LogP contribution in [0, 0.1) is 11.3 Å². The summed E-state index contributed by atoms with van der Waals surface area (Å²) in [6.07, 6.45) is 7.95. The van der Waals surface area contributed by atoms with Gasteiger partial charge in [0.2, 0.25) is 0 Å². The quantitative estimate of drug-likeness (QED) is 0.306. The van der Waals surface area contributed by atoms with Gasteiger partial charge in [-0.2, -0.15) is 10.4 Å². The Morgan fingerprint density at radius 2 is 1.75 bits per heavy atom. The topological polar surface area (TPSA) is 142 Å². The van der Waals surface area contributed by atoms with E-state index < -0.39 is 5.91 Å². The second-order valence-corrected chi connectivity index (χ2v) is 9.76. The van der Waals surface area contributed by atoms with Crippen molar-refractivity contribution in [1.29, 1.82) is 5.26 Å². The number of pyridine rings is 1. The number of benzene rings is 2. The number of nitrogens with one attached hydrogen (secondary N) is 2. The minimum atomic E-state index is -0.538. The van der Waals surface area contributed by atoms with Gasteiger partial charge in [0, 0.05) is 36.7 Å². The van der Waals surface area contributed by atoms with Gasteiger partial charge in [-0.15, -0.1) is 0 Å². The molecule has 3 amide bonds. The maximum Gasteiger partial charge on any atom is 0.322 e. The van der Waals surface area contributed by atoms with E-state index in [1.165, 1.54) is 6.20 Å². The Labute approximate surface area is 232 Å². The van der Waals surface area contributed by atoms with Crippen LogP contribution >= 0.6 is 0 Å². The molecular weight excluding hydrogens is 504 g/mol. The number of nitrogens with zero attached hydrogens (tertiary/aromatic N) is 5. The van der Waals surface area contributed by atoms with Crippen molar-refractivity contribution in [3.8, 4) is 11.8 Å². The zero-order valence-electron chi connectivity index (χ0n) is 21.9. The van der Waals surface area contributed by atoms with Gasteiger partial charge in [0.25, 0.3) is 5.91 Å². The summed E-state index contributed by atoms with van der Waals surface area (Å²) in [6.45, 7) is 0.429. The molecule has 0 bridgehead atoms. The van der Waals surface area contributed by atoms with Gasteiger partial charge in [-0.1, -0.05) is 30.3 Å². The van der Waals surface area contributed by atoms with Gasteiger partial charge in [0.05, 0.1) is 23.0 Å². The molecule has 0 unspecified atom stereocenters. The third-order valence-corrected chi connectivity index (χ3v) is 7.07. The first kappa shape index (κ1) is 26.4. The van der Waals surface area contributed by atoms with Crippen LogP contribution in [-0.2, 0) is 6.54 Å². The number of urea groups is 1. The maximum absolute atomic E-state index is 13.6. The lowest BCUT2D eigenvalue weighted by atomic mass is 9.90. The summed E-state index contributed by atoms with van der Waals surface area (Å²) < 4.78 is 1.58. The van der Waals surface area contributed by atoms with Gasteiger partial charge in [-0.05, 0) is 67.6 Å². The van der Waals surface area contributed by atoms with E-state index in [2.05, 4.69) is 26.8 Å². The molecule has 4 N–H and O–H groups in total. The van der Waals surface area contributed by atoms with Gasteiger partial charge in [-0.25, -0.2) is 14.5 Å². The van der Waals surface area contributed by atoms with Crippen LogP contribution in [0.2, 0.25) is 0 Å². The predicted octanol–water partition coefficient (Wildman–Crippen LogP) is 4.38. The lowest BCUT2D eigenvalue weighted by molar-refractivity contribution is 0.1000. The molecule has 0 atom stereocenters. The molecular formula is C30H30N8O2. The summed E-state index contributed by atoms with van der Waals surface area (Å²) in [7, 11) is 0. The highest BCUT2D eigenvalue weighted by Crippen LogP contribution is 2.30. The Kier molecular flexibility index (Phi) is 8.02. The molecule has 0 radical (unpaired) electrons. The van der Waals surface area contributed by atoms with Gasteiger partial charge in [0.1, 0.15) is 11.9 Å². The fourth-order valence-electron chi connectivity index (χ4n) is 4.94. The van der Waals surface area contributed by atoms with Crippen molar-refractivity contribution in [2.24, 2.45) is 5.73 Å². The van der Waals surface area contributed by atoms with Crippen molar-refractivity contribution < 1.29 is 9.59 Å². The van der Waals surface area contributed by atoms with Crippen molar-refractivity contribution in [1.82, 2.24) is 20.1 Å². The van der Waals surface area contributed by atoms with Gasteiger partial charge >= 0.3 is 6.03 Å². The van der Waals surface area contributed by atoms with E-state index in [0.717, 1.165) is 48.4 Å². The Bertz CT molecular complexity index is 1490. The minimum Gasteiger partial charge on any atom is -0.367 e. The molecule has 10 nitrogen and oxygen atoms in total. The number of nitriles is 1. The number of aromatic nitrogens is 3. The molecule has 0 spiro atoms. The molecule has 2 aromatic heterocycles. The molecule has 2 heterocycles. The first-order valence-electron chi connectivity index (χ1n) is 13.2. The van der Waals surface area contributed by atoms with Crippen LogP contribution in [0.3, 0.4) is 0 Å². The number of primary amides is 1. The molecule has 4 aromatic rings. The number of carbonyl (C=O) groups excluding carboxylic acids is 2. The average molecular weight is 535 g/mol. The summed E-state index contributed by atoms with van der Waals surface area (Å²) in [4.78, 5) is 31.2. The monoisotopic (exact) mass is 534 g/mol. The second-order valence-electron chi connectivity index (χ2n) is 9.76. The van der Waals surface area contributed by atoms with E-state index >= 15 is 0 Å². The summed E-state index contributed by atoms with van der Waals surface area (Å²) in [6, 6.07) is 23.1. The normalized spacial score (nSPS) is 16.5. The van der Waals surface area contributed by atoms with Gasteiger partial charge in [-0.3, -0.25) is 9.69 Å². The van der Waals surface area contributed by atoms with Crippen LogP contribution in [0.1, 0.15) is 47.2 Å². The Morgan fingerprint density at radius 3 is 2.38 bits per heavy atom. The van der Waals surface area contributed by atoms with Crippen LogP contribution in [0.4, 0.5) is 16.3 Å². The van der Waals surface area contributed by atoms with Gasteiger partial charge < -0.3 is 16.4 Å². The fourth-order valence-corrected chi connectivity index (χ4v) is 4.94. The molecule has 0 aliphatic heterocycles. The molecule has 0 saturated heterocycles. The van der Waals surface area contributed by atoms with Gasteiger partial charge in [0.15, 0.2) is 0 Å². The van der Waals surface area contributed by atoms with Crippen molar-refractivity contribution in [2.75, 3.05) is 10.2 Å². The summed E-state index contributed by atoms with van der Waals surface area (Å²) in [5, 5.41) is 19.8. The van der Waals surface area contributed by atoms with Crippen molar-refractivity contribution >= 4 is 23.4 Å². The molecule has 40 heavy (non-hydrogen) atoms. The largest absolute Gasteiger partial charge is 0.367 e. The smallest absolute Gasteiger partial charge is 0.322 e. The number of anilines is 2. The number of carbonyl (C=O) groups is 2. The van der Waals surface area contributed by atoms with Crippen LogP contribution < -0.4 is 21.3 Å². The highest BCUT2D eigenvalue weighted by molar-refractivity contribution is 5.93. The van der Waals surface area contributed by atoms with E-state index in [-0.39, 0.29) is 18.1 Å². The van der Waals surface area contributed by atoms with Crippen molar-refractivity contribution in [3.05, 3.63) is 102 Å². The molecule has 1 saturated carbocycles. The van der Waals surface area contributed by atoms with Crippen molar-refractivity contribution in [3.63, 3.8) is 0 Å². The third kappa shape index (κ3) is 6.27. The second kappa shape index (κ2) is 12.1. The number of amides is 3. The summed E-state index contributed by atoms with van der Waals surface area (Å²) >= 11 is 0.